The zero-order valence-electron chi connectivity index (χ0n) is 16.4. The van der Waals surface area contributed by atoms with Crippen molar-refractivity contribution in [3.8, 4) is 5.75 Å². The Bertz CT molecular complexity index is 886. The molecule has 0 atom stereocenters. The summed E-state index contributed by atoms with van der Waals surface area (Å²) in [6, 6.07) is 11.6. The minimum absolute atomic E-state index is 0.0572. The molecule has 1 saturated heterocycles. The van der Waals surface area contributed by atoms with Crippen molar-refractivity contribution in [1.29, 1.82) is 0 Å². The van der Waals surface area contributed by atoms with Crippen LogP contribution in [0.15, 0.2) is 48.5 Å². The molecular weight excluding hydrogens is 375 g/mol. The van der Waals surface area contributed by atoms with Crippen molar-refractivity contribution in [2.75, 3.05) is 27.2 Å². The molecule has 3 rings (SSSR count). The monoisotopic (exact) mass is 398 g/mol. The number of rotatable bonds is 4. The average molecular weight is 398 g/mol. The van der Waals surface area contributed by atoms with Crippen LogP contribution >= 0.6 is 0 Å². The van der Waals surface area contributed by atoms with Gasteiger partial charge >= 0.3 is 12.0 Å². The number of ether oxygens (including phenoxy) is 1. The summed E-state index contributed by atoms with van der Waals surface area (Å²) in [6.45, 7) is 1.03. The van der Waals surface area contributed by atoms with Crippen LogP contribution in [0.25, 0.3) is 0 Å². The van der Waals surface area contributed by atoms with E-state index < -0.39 is 5.82 Å². The number of nitrogens with zero attached hydrogens (tertiary/aromatic N) is 2. The van der Waals surface area contributed by atoms with E-state index >= 15 is 0 Å². The molecule has 7 heteroatoms. The fourth-order valence-electron chi connectivity index (χ4n) is 3.23. The Hall–Kier alpha value is -3.22. The van der Waals surface area contributed by atoms with Gasteiger partial charge in [0, 0.05) is 38.3 Å². The second-order valence-electron chi connectivity index (χ2n) is 7.22. The molecule has 1 aliphatic rings. The normalized spacial score (nSPS) is 14.4. The van der Waals surface area contributed by atoms with Crippen molar-refractivity contribution in [1.82, 2.24) is 9.80 Å². The van der Waals surface area contributed by atoms with Gasteiger partial charge in [-0.25, -0.2) is 9.18 Å². The van der Waals surface area contributed by atoms with Gasteiger partial charge in [0.15, 0.2) is 5.78 Å². The lowest BCUT2D eigenvalue weighted by atomic mass is 9.97. The summed E-state index contributed by atoms with van der Waals surface area (Å²) < 4.78 is 18.4. The molecule has 0 spiro atoms. The largest absolute Gasteiger partial charge is 0.426 e. The maximum absolute atomic E-state index is 13.0. The topological polar surface area (TPSA) is 66.9 Å². The first-order valence-corrected chi connectivity index (χ1v) is 9.43. The third-order valence-corrected chi connectivity index (χ3v) is 4.92. The van der Waals surface area contributed by atoms with Crippen LogP contribution in [0.5, 0.6) is 5.75 Å². The summed E-state index contributed by atoms with van der Waals surface area (Å²) in [5, 5.41) is 0. The maximum atomic E-state index is 13.0. The lowest BCUT2D eigenvalue weighted by molar-refractivity contribution is -0.140. The lowest BCUT2D eigenvalue weighted by Gasteiger charge is -2.32. The first-order valence-electron chi connectivity index (χ1n) is 9.43. The SMILES string of the molecule is CN(C)C(=O)N1CCC(C(=O)Oc2ccc(C(=O)c3ccc(F)cc3)cc2)CC1. The minimum Gasteiger partial charge on any atom is -0.426 e. The van der Waals surface area contributed by atoms with Gasteiger partial charge in [-0.1, -0.05) is 0 Å². The molecule has 0 bridgehead atoms. The zero-order valence-corrected chi connectivity index (χ0v) is 16.4. The molecule has 0 saturated carbocycles. The van der Waals surface area contributed by atoms with Gasteiger partial charge in [0.2, 0.25) is 0 Å². The van der Waals surface area contributed by atoms with E-state index in [-0.39, 0.29) is 23.7 Å². The summed E-state index contributed by atoms with van der Waals surface area (Å²) in [5.41, 5.74) is 0.807. The highest BCUT2D eigenvalue weighted by atomic mass is 19.1. The number of hydrogen-bond acceptors (Lipinski definition) is 4. The molecule has 0 aliphatic carbocycles. The zero-order chi connectivity index (χ0) is 21.0. The molecular formula is C22H23FN2O4. The van der Waals surface area contributed by atoms with E-state index in [4.69, 9.17) is 4.74 Å². The Morgan fingerprint density at radius 3 is 1.97 bits per heavy atom. The van der Waals surface area contributed by atoms with Crippen LogP contribution in [-0.2, 0) is 4.79 Å². The van der Waals surface area contributed by atoms with Crippen molar-refractivity contribution in [2.24, 2.45) is 5.92 Å². The van der Waals surface area contributed by atoms with Crippen LogP contribution in [0, 0.1) is 11.7 Å². The Kier molecular flexibility index (Phi) is 6.26. The molecule has 0 aromatic heterocycles. The quantitative estimate of drug-likeness (QED) is 0.450. The van der Waals surface area contributed by atoms with Gasteiger partial charge in [-0.05, 0) is 61.4 Å². The number of esters is 1. The molecule has 29 heavy (non-hydrogen) atoms. The summed E-state index contributed by atoms with van der Waals surface area (Å²) in [7, 11) is 3.40. The van der Waals surface area contributed by atoms with Crippen molar-refractivity contribution in [3.63, 3.8) is 0 Å². The predicted molar refractivity (Wildman–Crippen MR) is 105 cm³/mol. The number of likely N-dealkylation sites (tertiary alicyclic amines) is 1. The van der Waals surface area contributed by atoms with Crippen LogP contribution < -0.4 is 4.74 Å². The van der Waals surface area contributed by atoms with Gasteiger partial charge in [-0.15, -0.1) is 0 Å². The van der Waals surface area contributed by atoms with E-state index in [1.807, 2.05) is 0 Å². The van der Waals surface area contributed by atoms with Gasteiger partial charge in [-0.2, -0.15) is 0 Å². The second-order valence-corrected chi connectivity index (χ2v) is 7.22. The Labute approximate surface area is 168 Å². The lowest BCUT2D eigenvalue weighted by Crippen LogP contribution is -2.45. The van der Waals surface area contributed by atoms with E-state index in [2.05, 4.69) is 0 Å². The number of amides is 2. The molecule has 0 radical (unpaired) electrons. The van der Waals surface area contributed by atoms with Crippen LogP contribution in [0.1, 0.15) is 28.8 Å². The van der Waals surface area contributed by atoms with Crippen molar-refractivity contribution < 1.29 is 23.5 Å². The molecule has 2 amide bonds. The van der Waals surface area contributed by atoms with Crippen molar-refractivity contribution >= 4 is 17.8 Å². The van der Waals surface area contributed by atoms with Gasteiger partial charge < -0.3 is 14.5 Å². The predicted octanol–water partition coefficient (Wildman–Crippen LogP) is 3.36. The standard InChI is InChI=1S/C22H23FN2O4/c1-24(2)22(28)25-13-11-17(12-14-25)21(27)29-19-9-5-16(6-10-19)20(26)15-3-7-18(23)8-4-15/h3-10,17H,11-14H2,1-2H3. The third-order valence-electron chi connectivity index (χ3n) is 4.92. The molecule has 1 fully saturated rings. The van der Waals surface area contributed by atoms with Crippen LogP contribution in [-0.4, -0.2) is 54.8 Å². The number of piperidine rings is 1. The molecule has 0 N–H and O–H groups in total. The molecule has 0 unspecified atom stereocenters. The number of ketones is 1. The van der Waals surface area contributed by atoms with Gasteiger partial charge in [0.1, 0.15) is 11.6 Å². The number of halogens is 1. The molecule has 2 aromatic rings. The summed E-state index contributed by atoms with van der Waals surface area (Å²) >= 11 is 0. The van der Waals surface area contributed by atoms with E-state index in [0.29, 0.717) is 42.8 Å². The minimum atomic E-state index is -0.402. The maximum Gasteiger partial charge on any atom is 0.319 e. The highest BCUT2D eigenvalue weighted by molar-refractivity contribution is 6.09. The van der Waals surface area contributed by atoms with Crippen LogP contribution in [0.2, 0.25) is 0 Å². The number of carbonyl (C=O) groups excluding carboxylic acids is 3. The molecule has 2 aromatic carbocycles. The first-order chi connectivity index (χ1) is 13.8. The Balaban J connectivity index is 1.56. The first kappa shape index (κ1) is 20.5. The van der Waals surface area contributed by atoms with Gasteiger partial charge in [-0.3, -0.25) is 9.59 Å². The Morgan fingerprint density at radius 2 is 1.45 bits per heavy atom. The van der Waals surface area contributed by atoms with Gasteiger partial charge in [0.05, 0.1) is 5.92 Å². The molecule has 152 valence electrons. The van der Waals surface area contributed by atoms with E-state index in [0.717, 1.165) is 0 Å². The molecule has 1 aliphatic heterocycles. The number of carbonyl (C=O) groups is 3. The highest BCUT2D eigenvalue weighted by Gasteiger charge is 2.29. The number of urea groups is 1. The van der Waals surface area contributed by atoms with E-state index in [9.17, 15) is 18.8 Å². The average Bonchev–Trinajstić information content (AvgIpc) is 2.74. The van der Waals surface area contributed by atoms with Gasteiger partial charge in [0.25, 0.3) is 0 Å². The molecule has 1 heterocycles. The van der Waals surface area contributed by atoms with Crippen LogP contribution in [0.4, 0.5) is 9.18 Å². The smallest absolute Gasteiger partial charge is 0.319 e. The molecule has 6 nitrogen and oxygen atoms in total. The Morgan fingerprint density at radius 1 is 0.931 bits per heavy atom. The van der Waals surface area contributed by atoms with Crippen molar-refractivity contribution in [2.45, 2.75) is 12.8 Å². The number of hydrogen-bond donors (Lipinski definition) is 0. The van der Waals surface area contributed by atoms with Crippen molar-refractivity contribution in [3.05, 3.63) is 65.5 Å². The fraction of sp³-hybridized carbons (Fsp3) is 0.318. The second kappa shape index (κ2) is 8.86. The third kappa shape index (κ3) is 4.99. The fourth-order valence-corrected chi connectivity index (χ4v) is 3.23. The highest BCUT2D eigenvalue weighted by Crippen LogP contribution is 2.22. The summed E-state index contributed by atoms with van der Waals surface area (Å²) in [6.07, 6.45) is 1.11. The van der Waals surface area contributed by atoms with Crippen LogP contribution in [0.3, 0.4) is 0 Å². The summed E-state index contributed by atoms with van der Waals surface area (Å²) in [4.78, 5) is 40.0. The number of benzene rings is 2. The van der Waals surface area contributed by atoms with E-state index in [1.165, 1.54) is 29.2 Å². The summed E-state index contributed by atoms with van der Waals surface area (Å²) in [5.74, 6) is -0.875. The van der Waals surface area contributed by atoms with E-state index in [1.54, 1.807) is 43.3 Å².